The number of benzene rings is 2. The van der Waals surface area contributed by atoms with E-state index < -0.39 is 17.6 Å². The smallest absolute Gasteiger partial charge is 0.337 e. The number of fused-ring (bicyclic) bond motifs is 1. The number of hydrogen-bond donors (Lipinski definition) is 1. The van der Waals surface area contributed by atoms with E-state index in [4.69, 9.17) is 0 Å². The van der Waals surface area contributed by atoms with Crippen LogP contribution in [0.3, 0.4) is 0 Å². The number of carbonyl (C=O) groups excluding carboxylic acids is 2. The lowest BCUT2D eigenvalue weighted by Crippen LogP contribution is -2.34. The van der Waals surface area contributed by atoms with Gasteiger partial charge >= 0.3 is 6.18 Å². The van der Waals surface area contributed by atoms with Crippen LogP contribution in [0.1, 0.15) is 53.7 Å². The van der Waals surface area contributed by atoms with E-state index in [9.17, 15) is 22.8 Å². The van der Waals surface area contributed by atoms with Crippen molar-refractivity contribution in [3.05, 3.63) is 71.3 Å². The largest absolute Gasteiger partial charge is 0.416 e. The normalized spacial score (nSPS) is 17.1. The lowest BCUT2D eigenvalue weighted by Gasteiger charge is -2.26. The summed E-state index contributed by atoms with van der Waals surface area (Å²) in [5.41, 5.74) is 1.44. The van der Waals surface area contributed by atoms with Gasteiger partial charge in [0.05, 0.1) is 22.6 Å². The van der Waals surface area contributed by atoms with E-state index in [0.717, 1.165) is 42.5 Å². The van der Waals surface area contributed by atoms with Crippen LogP contribution in [0.2, 0.25) is 0 Å². The van der Waals surface area contributed by atoms with Gasteiger partial charge in [-0.25, -0.2) is 4.98 Å². The van der Waals surface area contributed by atoms with Gasteiger partial charge < -0.3 is 9.47 Å². The molecule has 1 aromatic heterocycles. The number of nitrogens with one attached hydrogen (secondary N) is 1. The van der Waals surface area contributed by atoms with E-state index in [1.165, 1.54) is 18.2 Å². The van der Waals surface area contributed by atoms with E-state index in [-0.39, 0.29) is 23.5 Å². The van der Waals surface area contributed by atoms with Gasteiger partial charge in [-0.15, -0.1) is 0 Å². The quantitative estimate of drug-likeness (QED) is 0.480. The molecule has 0 spiro atoms. The number of aryl methyl sites for hydroxylation is 1. The molecule has 2 amide bonds. The van der Waals surface area contributed by atoms with Gasteiger partial charge in [0.25, 0.3) is 5.91 Å². The molecule has 184 valence electrons. The molecule has 9 heteroatoms. The van der Waals surface area contributed by atoms with Crippen molar-refractivity contribution in [3.8, 4) is 0 Å². The van der Waals surface area contributed by atoms with Gasteiger partial charge in [0.2, 0.25) is 11.9 Å². The van der Waals surface area contributed by atoms with Crippen LogP contribution in [0.4, 0.5) is 19.1 Å². The fourth-order valence-corrected chi connectivity index (χ4v) is 4.55. The van der Waals surface area contributed by atoms with Gasteiger partial charge in [0, 0.05) is 18.7 Å². The summed E-state index contributed by atoms with van der Waals surface area (Å²) < 4.78 is 41.4. The maximum absolute atomic E-state index is 13.2. The monoisotopic (exact) mass is 484 g/mol. The molecule has 1 atom stereocenters. The topological polar surface area (TPSA) is 67.2 Å². The Morgan fingerprint density at radius 2 is 1.91 bits per heavy atom. The van der Waals surface area contributed by atoms with Crippen LogP contribution in [0.25, 0.3) is 11.0 Å². The number of allylic oxidation sites excluding steroid dienone is 1. The Balaban J connectivity index is 1.74. The number of anilines is 1. The van der Waals surface area contributed by atoms with Gasteiger partial charge in [-0.1, -0.05) is 24.3 Å². The van der Waals surface area contributed by atoms with Crippen LogP contribution in [0.5, 0.6) is 0 Å². The van der Waals surface area contributed by atoms with Crippen molar-refractivity contribution in [1.82, 2.24) is 14.5 Å². The highest BCUT2D eigenvalue weighted by atomic mass is 19.4. The SMILES string of the molecule is CC=CC(=O)N1CCCC[C@@H](n2c(NC(=O)c3cccc(C(F)(F)F)c3)nc3cccc(C)c32)C1. The molecular weight excluding hydrogens is 457 g/mol. The minimum absolute atomic E-state index is 0.0740. The predicted molar refractivity (Wildman–Crippen MR) is 128 cm³/mol. The van der Waals surface area contributed by atoms with Crippen molar-refractivity contribution in [1.29, 1.82) is 0 Å². The third kappa shape index (κ3) is 5.23. The zero-order valence-electron chi connectivity index (χ0n) is 19.6. The lowest BCUT2D eigenvalue weighted by molar-refractivity contribution is -0.137. The number of hydrogen-bond acceptors (Lipinski definition) is 3. The Hall–Kier alpha value is -3.62. The average Bonchev–Trinajstić information content (AvgIpc) is 3.01. The fraction of sp³-hybridized carbons (Fsp3) is 0.346. The molecule has 1 aliphatic heterocycles. The molecular formula is C26H27F3N4O2. The first-order valence-electron chi connectivity index (χ1n) is 11.6. The highest BCUT2D eigenvalue weighted by Crippen LogP contribution is 2.33. The van der Waals surface area contributed by atoms with E-state index in [2.05, 4.69) is 10.3 Å². The number of para-hydroxylation sites is 1. The molecule has 0 aliphatic carbocycles. The minimum atomic E-state index is -4.55. The second kappa shape index (κ2) is 9.93. The molecule has 2 heterocycles. The van der Waals surface area contributed by atoms with Crippen molar-refractivity contribution < 1.29 is 22.8 Å². The van der Waals surface area contributed by atoms with Crippen LogP contribution < -0.4 is 5.32 Å². The summed E-state index contributed by atoms with van der Waals surface area (Å²) in [5.74, 6) is -0.502. The first-order valence-corrected chi connectivity index (χ1v) is 11.6. The van der Waals surface area contributed by atoms with Gasteiger partial charge in [0.1, 0.15) is 0 Å². The summed E-state index contributed by atoms with van der Waals surface area (Å²) >= 11 is 0. The third-order valence-corrected chi connectivity index (χ3v) is 6.22. The number of carbonyl (C=O) groups is 2. The van der Waals surface area contributed by atoms with Crippen molar-refractivity contribution in [2.24, 2.45) is 0 Å². The fourth-order valence-electron chi connectivity index (χ4n) is 4.55. The molecule has 0 bridgehead atoms. The van der Waals surface area contributed by atoms with E-state index >= 15 is 0 Å². The van der Waals surface area contributed by atoms with Gasteiger partial charge in [-0.3, -0.25) is 14.9 Å². The van der Waals surface area contributed by atoms with Gasteiger partial charge in [-0.2, -0.15) is 13.2 Å². The Bertz CT molecular complexity index is 1280. The maximum Gasteiger partial charge on any atom is 0.416 e. The van der Waals surface area contributed by atoms with Crippen molar-refractivity contribution in [3.63, 3.8) is 0 Å². The second-order valence-corrected chi connectivity index (χ2v) is 8.71. The van der Waals surface area contributed by atoms with Crippen LogP contribution >= 0.6 is 0 Å². The van der Waals surface area contributed by atoms with Gasteiger partial charge in [0.15, 0.2) is 0 Å². The summed E-state index contributed by atoms with van der Waals surface area (Å²) in [7, 11) is 0. The molecule has 0 radical (unpaired) electrons. The number of imidazole rings is 1. The molecule has 2 aromatic carbocycles. The van der Waals surface area contributed by atoms with E-state index in [1.54, 1.807) is 17.9 Å². The molecule has 0 saturated carbocycles. The molecule has 1 fully saturated rings. The van der Waals surface area contributed by atoms with Crippen molar-refractivity contribution >= 4 is 28.8 Å². The number of amides is 2. The average molecular weight is 485 g/mol. The van der Waals surface area contributed by atoms with Crippen LogP contribution in [0.15, 0.2) is 54.6 Å². The Kier molecular flexibility index (Phi) is 6.95. The molecule has 35 heavy (non-hydrogen) atoms. The molecule has 1 aliphatic rings. The zero-order chi connectivity index (χ0) is 25.2. The number of rotatable bonds is 4. The molecule has 4 rings (SSSR count). The predicted octanol–water partition coefficient (Wildman–Crippen LogP) is 5.75. The Morgan fingerprint density at radius 3 is 2.66 bits per heavy atom. The Morgan fingerprint density at radius 1 is 1.14 bits per heavy atom. The number of nitrogens with zero attached hydrogens (tertiary/aromatic N) is 3. The third-order valence-electron chi connectivity index (χ3n) is 6.22. The summed E-state index contributed by atoms with van der Waals surface area (Å²) in [4.78, 5) is 32.0. The van der Waals surface area contributed by atoms with Crippen molar-refractivity contribution in [2.45, 2.75) is 45.3 Å². The van der Waals surface area contributed by atoms with Crippen LogP contribution in [-0.4, -0.2) is 39.4 Å². The first kappa shape index (κ1) is 24.5. The highest BCUT2D eigenvalue weighted by molar-refractivity contribution is 6.04. The summed E-state index contributed by atoms with van der Waals surface area (Å²) in [6.07, 6.45) is 1.21. The molecule has 3 aromatic rings. The Labute approximate surface area is 201 Å². The van der Waals surface area contributed by atoms with Crippen LogP contribution in [-0.2, 0) is 11.0 Å². The zero-order valence-corrected chi connectivity index (χ0v) is 19.6. The summed E-state index contributed by atoms with van der Waals surface area (Å²) in [6.45, 7) is 4.81. The number of halogens is 3. The lowest BCUT2D eigenvalue weighted by atomic mass is 10.1. The van der Waals surface area contributed by atoms with E-state index in [0.29, 0.717) is 18.6 Å². The highest BCUT2D eigenvalue weighted by Gasteiger charge is 2.31. The standard InChI is InChI=1S/C26H27F3N4O2/c1-3-8-22(34)32-14-5-4-12-20(16-32)33-23-17(2)9-6-13-21(23)30-25(33)31-24(35)18-10-7-11-19(15-18)26(27,28)29/h3,6-11,13,15,20H,4-5,12,14,16H2,1-2H3,(H,30,31,35)/t20-/m1/s1. The first-order chi connectivity index (χ1) is 16.7. The number of likely N-dealkylation sites (tertiary alicyclic amines) is 1. The van der Waals surface area contributed by atoms with Crippen molar-refractivity contribution in [2.75, 3.05) is 18.4 Å². The molecule has 0 unspecified atom stereocenters. The molecule has 1 N–H and O–H groups in total. The van der Waals surface area contributed by atoms with Crippen LogP contribution in [0, 0.1) is 6.92 Å². The molecule has 6 nitrogen and oxygen atoms in total. The molecule has 1 saturated heterocycles. The maximum atomic E-state index is 13.2. The number of alkyl halides is 3. The summed E-state index contributed by atoms with van der Waals surface area (Å²) in [5, 5.41) is 2.74. The summed E-state index contributed by atoms with van der Waals surface area (Å²) in [6, 6.07) is 9.79. The van der Waals surface area contributed by atoms with E-state index in [1.807, 2.05) is 29.7 Å². The minimum Gasteiger partial charge on any atom is -0.337 e. The van der Waals surface area contributed by atoms with Gasteiger partial charge in [-0.05, 0) is 69.0 Å². The number of aromatic nitrogens is 2. The second-order valence-electron chi connectivity index (χ2n) is 8.71.